The molecule has 0 bridgehead atoms. The van der Waals surface area contributed by atoms with Crippen LogP contribution in [-0.2, 0) is 32.1 Å². The van der Waals surface area contributed by atoms with E-state index in [9.17, 15) is 14.4 Å². The first-order valence-electron chi connectivity index (χ1n) is 10.4. The van der Waals surface area contributed by atoms with Gasteiger partial charge in [0, 0.05) is 13.5 Å². The van der Waals surface area contributed by atoms with Crippen LogP contribution in [0.1, 0.15) is 30.9 Å². The molecule has 2 aromatic carbocycles. The predicted octanol–water partition coefficient (Wildman–Crippen LogP) is 2.48. The Balaban J connectivity index is 1.60. The molecule has 1 heterocycles. The van der Waals surface area contributed by atoms with Gasteiger partial charge in [-0.05, 0) is 49.6 Å². The molecule has 7 heteroatoms. The van der Waals surface area contributed by atoms with Crippen LogP contribution in [0, 0.1) is 0 Å². The molecule has 0 saturated carbocycles. The number of likely N-dealkylation sites (tertiary alicyclic amines) is 1. The Hall–Kier alpha value is -3.19. The summed E-state index contributed by atoms with van der Waals surface area (Å²) in [4.78, 5) is 38.5. The fourth-order valence-electron chi connectivity index (χ4n) is 3.71. The van der Waals surface area contributed by atoms with Gasteiger partial charge in [0.25, 0.3) is 0 Å². The molecule has 1 N–H and O–H groups in total. The van der Waals surface area contributed by atoms with E-state index < -0.39 is 12.1 Å². The minimum atomic E-state index is -0.557. The number of carbonyl (C=O) groups is 3. The van der Waals surface area contributed by atoms with Gasteiger partial charge in [-0.2, -0.15) is 0 Å². The molecule has 0 spiro atoms. The number of hydrogen-bond acceptors (Lipinski definition) is 6. The standard InChI is InChI=1S/C24H28N2O5/c1-17(27)31-20-12-10-18(11-13-20)15-21(25-2)23(28)26-14-6-9-22(26)24(29)30-16-19-7-4-3-5-8-19/h3-5,7-8,10-13,21-22,25H,6,9,14-16H2,1-2H3/t21-,22-/m0/s1. The van der Waals surface area contributed by atoms with Crippen LogP contribution in [-0.4, -0.2) is 48.4 Å². The summed E-state index contributed by atoms with van der Waals surface area (Å²) >= 11 is 0. The summed E-state index contributed by atoms with van der Waals surface area (Å²) in [6, 6.07) is 15.5. The van der Waals surface area contributed by atoms with Crippen LogP contribution in [0.25, 0.3) is 0 Å². The largest absolute Gasteiger partial charge is 0.459 e. The van der Waals surface area contributed by atoms with E-state index >= 15 is 0 Å². The van der Waals surface area contributed by atoms with E-state index in [1.54, 1.807) is 24.1 Å². The Kier molecular flexibility index (Phi) is 7.78. The van der Waals surface area contributed by atoms with Crippen molar-refractivity contribution in [3.05, 3.63) is 65.7 Å². The molecule has 2 atom stereocenters. The molecule has 2 aromatic rings. The number of ether oxygens (including phenoxy) is 2. The quantitative estimate of drug-likeness (QED) is 0.518. The van der Waals surface area contributed by atoms with E-state index in [1.165, 1.54) is 6.92 Å². The summed E-state index contributed by atoms with van der Waals surface area (Å²) in [6.45, 7) is 2.08. The van der Waals surface area contributed by atoms with E-state index in [1.807, 2.05) is 42.5 Å². The van der Waals surface area contributed by atoms with Gasteiger partial charge in [-0.3, -0.25) is 9.59 Å². The maximum absolute atomic E-state index is 13.2. The lowest BCUT2D eigenvalue weighted by Gasteiger charge is -2.27. The lowest BCUT2D eigenvalue weighted by Crippen LogP contribution is -2.50. The molecule has 31 heavy (non-hydrogen) atoms. The van der Waals surface area contributed by atoms with Gasteiger partial charge in [-0.25, -0.2) is 4.79 Å². The molecule has 0 aromatic heterocycles. The molecule has 0 unspecified atom stereocenters. The number of carbonyl (C=O) groups excluding carboxylic acids is 3. The summed E-state index contributed by atoms with van der Waals surface area (Å²) in [7, 11) is 1.73. The lowest BCUT2D eigenvalue weighted by molar-refractivity contribution is -0.155. The van der Waals surface area contributed by atoms with Crippen LogP contribution in [0.15, 0.2) is 54.6 Å². The number of rotatable bonds is 8. The maximum atomic E-state index is 13.2. The van der Waals surface area contributed by atoms with Crippen LogP contribution >= 0.6 is 0 Å². The van der Waals surface area contributed by atoms with Crippen molar-refractivity contribution < 1.29 is 23.9 Å². The molecule has 0 radical (unpaired) electrons. The number of esters is 2. The zero-order valence-electron chi connectivity index (χ0n) is 17.9. The van der Waals surface area contributed by atoms with Crippen LogP contribution < -0.4 is 10.1 Å². The third-order valence-electron chi connectivity index (χ3n) is 5.30. The molecule has 1 saturated heterocycles. The summed E-state index contributed by atoms with van der Waals surface area (Å²) in [5, 5.41) is 3.06. The molecule has 0 aliphatic carbocycles. The van der Waals surface area contributed by atoms with Crippen molar-refractivity contribution in [1.82, 2.24) is 10.2 Å². The summed E-state index contributed by atoms with van der Waals surface area (Å²) in [6.07, 6.45) is 1.83. The number of benzene rings is 2. The summed E-state index contributed by atoms with van der Waals surface area (Å²) in [5.41, 5.74) is 1.84. The normalized spacial score (nSPS) is 16.6. The second kappa shape index (κ2) is 10.7. The lowest BCUT2D eigenvalue weighted by atomic mass is 10.0. The Morgan fingerprint density at radius 2 is 1.77 bits per heavy atom. The van der Waals surface area contributed by atoms with Crippen molar-refractivity contribution >= 4 is 17.8 Å². The van der Waals surface area contributed by atoms with Crippen molar-refractivity contribution in [2.75, 3.05) is 13.6 Å². The van der Waals surface area contributed by atoms with Crippen molar-refractivity contribution in [2.24, 2.45) is 0 Å². The Bertz CT molecular complexity index is 898. The van der Waals surface area contributed by atoms with Crippen molar-refractivity contribution in [2.45, 2.75) is 44.9 Å². The van der Waals surface area contributed by atoms with Gasteiger partial charge in [0.05, 0.1) is 6.04 Å². The van der Waals surface area contributed by atoms with Gasteiger partial charge in [0.15, 0.2) is 0 Å². The molecule has 3 rings (SSSR count). The first kappa shape index (κ1) is 22.5. The summed E-state index contributed by atoms with van der Waals surface area (Å²) < 4.78 is 10.5. The number of nitrogens with zero attached hydrogens (tertiary/aromatic N) is 1. The highest BCUT2D eigenvalue weighted by atomic mass is 16.5. The van der Waals surface area contributed by atoms with Gasteiger partial charge in [0.2, 0.25) is 5.91 Å². The zero-order chi connectivity index (χ0) is 22.2. The minimum absolute atomic E-state index is 0.120. The highest BCUT2D eigenvalue weighted by Crippen LogP contribution is 2.22. The maximum Gasteiger partial charge on any atom is 0.329 e. The topological polar surface area (TPSA) is 84.9 Å². The highest BCUT2D eigenvalue weighted by Gasteiger charge is 2.37. The van der Waals surface area contributed by atoms with E-state index in [0.29, 0.717) is 25.1 Å². The van der Waals surface area contributed by atoms with E-state index in [4.69, 9.17) is 9.47 Å². The monoisotopic (exact) mass is 424 g/mol. The zero-order valence-corrected chi connectivity index (χ0v) is 17.9. The Morgan fingerprint density at radius 3 is 2.42 bits per heavy atom. The van der Waals surface area contributed by atoms with Crippen molar-refractivity contribution in [1.29, 1.82) is 0 Å². The first-order chi connectivity index (χ1) is 15.0. The molecular formula is C24H28N2O5. The van der Waals surface area contributed by atoms with Crippen LogP contribution in [0.5, 0.6) is 5.75 Å². The molecule has 164 valence electrons. The third-order valence-corrected chi connectivity index (χ3v) is 5.30. The predicted molar refractivity (Wildman–Crippen MR) is 115 cm³/mol. The molecule has 1 amide bonds. The first-order valence-corrected chi connectivity index (χ1v) is 10.4. The number of likely N-dealkylation sites (N-methyl/N-ethyl adjacent to an activating group) is 1. The van der Waals surface area contributed by atoms with Gasteiger partial charge < -0.3 is 19.7 Å². The average Bonchev–Trinajstić information content (AvgIpc) is 3.27. The van der Waals surface area contributed by atoms with Crippen LogP contribution in [0.4, 0.5) is 0 Å². The minimum Gasteiger partial charge on any atom is -0.459 e. The number of amides is 1. The third kappa shape index (κ3) is 6.15. The number of hydrogen-bond donors (Lipinski definition) is 1. The fourth-order valence-corrected chi connectivity index (χ4v) is 3.71. The van der Waals surface area contributed by atoms with Gasteiger partial charge in [-0.15, -0.1) is 0 Å². The van der Waals surface area contributed by atoms with E-state index in [0.717, 1.165) is 17.5 Å². The SMILES string of the molecule is CN[C@@H](Cc1ccc(OC(C)=O)cc1)C(=O)N1CCC[C@H]1C(=O)OCc1ccccc1. The van der Waals surface area contributed by atoms with Crippen LogP contribution in [0.2, 0.25) is 0 Å². The Morgan fingerprint density at radius 1 is 1.06 bits per heavy atom. The Labute approximate surface area is 182 Å². The number of nitrogens with one attached hydrogen (secondary N) is 1. The van der Waals surface area contributed by atoms with Gasteiger partial charge in [0.1, 0.15) is 18.4 Å². The fraction of sp³-hybridized carbons (Fsp3) is 0.375. The summed E-state index contributed by atoms with van der Waals surface area (Å²) in [5.74, 6) is -0.402. The smallest absolute Gasteiger partial charge is 0.329 e. The van der Waals surface area contributed by atoms with Crippen molar-refractivity contribution in [3.8, 4) is 5.75 Å². The second-order valence-corrected chi connectivity index (χ2v) is 7.57. The van der Waals surface area contributed by atoms with Gasteiger partial charge >= 0.3 is 11.9 Å². The average molecular weight is 424 g/mol. The van der Waals surface area contributed by atoms with Crippen LogP contribution in [0.3, 0.4) is 0 Å². The second-order valence-electron chi connectivity index (χ2n) is 7.57. The molecule has 1 aliphatic heterocycles. The highest BCUT2D eigenvalue weighted by molar-refractivity contribution is 5.88. The molecule has 1 fully saturated rings. The van der Waals surface area contributed by atoms with Crippen molar-refractivity contribution in [3.63, 3.8) is 0 Å². The molecule has 7 nitrogen and oxygen atoms in total. The van der Waals surface area contributed by atoms with E-state index in [2.05, 4.69) is 5.32 Å². The molecular weight excluding hydrogens is 396 g/mol. The van der Waals surface area contributed by atoms with Gasteiger partial charge in [-0.1, -0.05) is 42.5 Å². The molecule has 1 aliphatic rings. The van der Waals surface area contributed by atoms with E-state index in [-0.39, 0.29) is 24.5 Å².